The zero-order valence-electron chi connectivity index (χ0n) is 12.8. The van der Waals surface area contributed by atoms with Crippen molar-refractivity contribution in [2.24, 2.45) is 0 Å². The minimum absolute atomic E-state index is 0.0617. The zero-order valence-corrected chi connectivity index (χ0v) is 14.4. The molecular formula is C18H15ClN2OS. The number of rotatable bonds is 3. The van der Waals surface area contributed by atoms with E-state index in [1.165, 1.54) is 11.3 Å². The summed E-state index contributed by atoms with van der Waals surface area (Å²) in [6.07, 6.45) is 0. The normalized spacial score (nSPS) is 10.6. The smallest absolute Gasteiger partial charge is 0.269 e. The minimum Gasteiger partial charge on any atom is -0.295 e. The predicted molar refractivity (Wildman–Crippen MR) is 96.5 cm³/mol. The van der Waals surface area contributed by atoms with Crippen LogP contribution in [0, 0.1) is 6.92 Å². The lowest BCUT2D eigenvalue weighted by atomic mass is 10.2. The first-order valence-corrected chi connectivity index (χ1v) is 8.31. The summed E-state index contributed by atoms with van der Waals surface area (Å²) < 4.78 is 0. The van der Waals surface area contributed by atoms with Crippen molar-refractivity contribution in [3.8, 4) is 10.4 Å². The van der Waals surface area contributed by atoms with Gasteiger partial charge in [0.2, 0.25) is 0 Å². The van der Waals surface area contributed by atoms with E-state index in [-0.39, 0.29) is 5.91 Å². The average Bonchev–Trinajstić information content (AvgIpc) is 3.04. The van der Waals surface area contributed by atoms with Gasteiger partial charge in [-0.05, 0) is 48.9 Å². The third-order valence-electron chi connectivity index (χ3n) is 3.47. The Kier molecular flexibility index (Phi) is 4.46. The topological polar surface area (TPSA) is 33.2 Å². The molecule has 0 radical (unpaired) electrons. The second-order valence-electron chi connectivity index (χ2n) is 5.17. The van der Waals surface area contributed by atoms with E-state index in [9.17, 15) is 4.79 Å². The maximum atomic E-state index is 12.6. The Hall–Kier alpha value is -2.17. The molecule has 2 aromatic heterocycles. The number of amides is 1. The quantitative estimate of drug-likeness (QED) is 0.667. The van der Waals surface area contributed by atoms with Crippen LogP contribution < -0.4 is 4.90 Å². The molecule has 0 unspecified atom stereocenters. The lowest BCUT2D eigenvalue weighted by Gasteiger charge is -2.15. The summed E-state index contributed by atoms with van der Waals surface area (Å²) >= 11 is 7.38. The average molecular weight is 343 g/mol. The van der Waals surface area contributed by atoms with Crippen LogP contribution in [-0.4, -0.2) is 17.9 Å². The minimum atomic E-state index is -0.0617. The van der Waals surface area contributed by atoms with Gasteiger partial charge in [-0.2, -0.15) is 0 Å². The van der Waals surface area contributed by atoms with Gasteiger partial charge in [-0.3, -0.25) is 9.69 Å². The molecule has 23 heavy (non-hydrogen) atoms. The molecule has 0 atom stereocenters. The van der Waals surface area contributed by atoms with E-state index in [1.54, 1.807) is 11.9 Å². The number of anilines is 1. The standard InChI is InChI=1S/C18H15ClN2OS/c1-12-4-3-5-17(20-12)21(2)18(22)16-11-10-15(23-16)13-6-8-14(19)9-7-13/h3-11H,1-2H3. The molecule has 0 aliphatic rings. The maximum Gasteiger partial charge on any atom is 0.269 e. The van der Waals surface area contributed by atoms with E-state index in [2.05, 4.69) is 4.98 Å². The molecule has 3 nitrogen and oxygen atoms in total. The van der Waals surface area contributed by atoms with Crippen LogP contribution in [0.15, 0.2) is 54.6 Å². The van der Waals surface area contributed by atoms with Crippen molar-refractivity contribution < 1.29 is 4.79 Å². The third-order valence-corrected chi connectivity index (χ3v) is 4.84. The number of nitrogens with zero attached hydrogens (tertiary/aromatic N) is 2. The van der Waals surface area contributed by atoms with E-state index >= 15 is 0 Å². The number of hydrogen-bond donors (Lipinski definition) is 0. The first kappa shape index (κ1) is 15.7. The van der Waals surface area contributed by atoms with Crippen LogP contribution in [0.5, 0.6) is 0 Å². The monoisotopic (exact) mass is 342 g/mol. The molecular weight excluding hydrogens is 328 g/mol. The Morgan fingerprint density at radius 3 is 2.52 bits per heavy atom. The van der Waals surface area contributed by atoms with Crippen LogP contribution in [-0.2, 0) is 0 Å². The summed E-state index contributed by atoms with van der Waals surface area (Å²) in [6, 6.07) is 17.0. The molecule has 0 spiro atoms. The highest BCUT2D eigenvalue weighted by molar-refractivity contribution is 7.17. The van der Waals surface area contributed by atoms with Crippen molar-refractivity contribution >= 4 is 34.7 Å². The number of hydrogen-bond acceptors (Lipinski definition) is 3. The van der Waals surface area contributed by atoms with E-state index in [0.717, 1.165) is 16.1 Å². The van der Waals surface area contributed by atoms with Crippen molar-refractivity contribution in [1.29, 1.82) is 0 Å². The van der Waals surface area contributed by atoms with E-state index in [1.807, 2.05) is 61.5 Å². The Balaban J connectivity index is 1.84. The van der Waals surface area contributed by atoms with Crippen LogP contribution in [0.3, 0.4) is 0 Å². The number of halogens is 1. The lowest BCUT2D eigenvalue weighted by molar-refractivity contribution is 0.0996. The van der Waals surface area contributed by atoms with E-state index in [0.29, 0.717) is 15.7 Å². The van der Waals surface area contributed by atoms with Gasteiger partial charge in [0.1, 0.15) is 5.82 Å². The number of carbonyl (C=O) groups excluding carboxylic acids is 1. The van der Waals surface area contributed by atoms with Gasteiger partial charge >= 0.3 is 0 Å². The predicted octanol–water partition coefficient (Wildman–Crippen LogP) is 5.05. The molecule has 3 rings (SSSR count). The summed E-state index contributed by atoms with van der Waals surface area (Å²) in [6.45, 7) is 1.91. The Morgan fingerprint density at radius 1 is 1.09 bits per heavy atom. The van der Waals surface area contributed by atoms with Crippen LogP contribution in [0.4, 0.5) is 5.82 Å². The van der Waals surface area contributed by atoms with E-state index < -0.39 is 0 Å². The zero-order chi connectivity index (χ0) is 16.4. The largest absolute Gasteiger partial charge is 0.295 e. The van der Waals surface area contributed by atoms with Crippen LogP contribution in [0.25, 0.3) is 10.4 Å². The van der Waals surface area contributed by atoms with Crippen molar-refractivity contribution in [2.75, 3.05) is 11.9 Å². The van der Waals surface area contributed by atoms with Gasteiger partial charge in [-0.15, -0.1) is 11.3 Å². The number of pyridine rings is 1. The van der Waals surface area contributed by atoms with Crippen LogP contribution in [0.2, 0.25) is 5.02 Å². The number of carbonyl (C=O) groups is 1. The lowest BCUT2D eigenvalue weighted by Crippen LogP contribution is -2.26. The molecule has 0 aliphatic carbocycles. The van der Waals surface area contributed by atoms with Crippen molar-refractivity contribution in [1.82, 2.24) is 4.98 Å². The number of aryl methyl sites for hydroxylation is 1. The summed E-state index contributed by atoms with van der Waals surface area (Å²) in [5.41, 5.74) is 1.94. The second-order valence-corrected chi connectivity index (χ2v) is 6.69. The molecule has 3 aromatic rings. The summed E-state index contributed by atoms with van der Waals surface area (Å²) in [5, 5.41) is 0.701. The third kappa shape index (κ3) is 3.44. The van der Waals surface area contributed by atoms with Gasteiger partial charge in [0.25, 0.3) is 5.91 Å². The van der Waals surface area contributed by atoms with Gasteiger partial charge < -0.3 is 0 Å². The highest BCUT2D eigenvalue weighted by Gasteiger charge is 2.17. The van der Waals surface area contributed by atoms with Gasteiger partial charge in [0.15, 0.2) is 0 Å². The molecule has 2 heterocycles. The molecule has 0 N–H and O–H groups in total. The van der Waals surface area contributed by atoms with Crippen LogP contribution in [0.1, 0.15) is 15.4 Å². The maximum absolute atomic E-state index is 12.6. The SMILES string of the molecule is Cc1cccc(N(C)C(=O)c2ccc(-c3ccc(Cl)cc3)s2)n1. The molecule has 1 aromatic carbocycles. The number of thiophene rings is 1. The first-order chi connectivity index (χ1) is 11.0. The van der Waals surface area contributed by atoms with Gasteiger partial charge in [-0.1, -0.05) is 29.8 Å². The molecule has 116 valence electrons. The van der Waals surface area contributed by atoms with Gasteiger partial charge in [-0.25, -0.2) is 4.98 Å². The fourth-order valence-corrected chi connectivity index (χ4v) is 3.32. The second kappa shape index (κ2) is 6.52. The molecule has 0 aliphatic heterocycles. The van der Waals surface area contributed by atoms with Crippen molar-refractivity contribution in [2.45, 2.75) is 6.92 Å². The molecule has 0 saturated heterocycles. The highest BCUT2D eigenvalue weighted by Crippen LogP contribution is 2.30. The van der Waals surface area contributed by atoms with Gasteiger partial charge in [0, 0.05) is 22.6 Å². The molecule has 1 amide bonds. The number of aromatic nitrogens is 1. The summed E-state index contributed by atoms with van der Waals surface area (Å²) in [5.74, 6) is 0.588. The van der Waals surface area contributed by atoms with Crippen molar-refractivity contribution in [3.05, 3.63) is 70.2 Å². The molecule has 0 saturated carbocycles. The Bertz CT molecular complexity index is 842. The van der Waals surface area contributed by atoms with E-state index in [4.69, 9.17) is 11.6 Å². The Labute approximate surface area is 144 Å². The van der Waals surface area contributed by atoms with Gasteiger partial charge in [0.05, 0.1) is 4.88 Å². The molecule has 5 heteroatoms. The fraction of sp³-hybridized carbons (Fsp3) is 0.111. The summed E-state index contributed by atoms with van der Waals surface area (Å²) in [4.78, 5) is 20.3. The Morgan fingerprint density at radius 2 is 1.83 bits per heavy atom. The summed E-state index contributed by atoms with van der Waals surface area (Å²) in [7, 11) is 1.74. The number of benzene rings is 1. The van der Waals surface area contributed by atoms with Crippen LogP contribution >= 0.6 is 22.9 Å². The highest BCUT2D eigenvalue weighted by atomic mass is 35.5. The fourth-order valence-electron chi connectivity index (χ4n) is 2.21. The molecule has 0 fully saturated rings. The molecule has 0 bridgehead atoms. The first-order valence-electron chi connectivity index (χ1n) is 7.12. The van der Waals surface area contributed by atoms with Crippen molar-refractivity contribution in [3.63, 3.8) is 0 Å².